The Balaban J connectivity index is 2.49. The van der Waals surface area contributed by atoms with Gasteiger partial charge in [0.1, 0.15) is 5.69 Å². The smallest absolute Gasteiger partial charge is 0.107 e. The number of rotatable bonds is 1. The van der Waals surface area contributed by atoms with Crippen molar-refractivity contribution in [2.75, 3.05) is 0 Å². The number of halogens is 1. The Bertz CT molecular complexity index is 281. The minimum Gasteiger partial charge on any atom is -0.390 e. The zero-order valence-electron chi connectivity index (χ0n) is 6.05. The van der Waals surface area contributed by atoms with Crippen LogP contribution in [0, 0.1) is 0 Å². The summed E-state index contributed by atoms with van der Waals surface area (Å²) in [5.41, 5.74) is 1.69. The quantitative estimate of drug-likeness (QED) is 0.686. The van der Waals surface area contributed by atoms with E-state index in [-0.39, 0.29) is 6.61 Å². The zero-order valence-corrected chi connectivity index (χ0v) is 6.80. The average molecular weight is 173 g/mol. The van der Waals surface area contributed by atoms with Gasteiger partial charge in [-0.3, -0.25) is 4.68 Å². The third kappa shape index (κ3) is 0.957. The Labute approximate surface area is 69.6 Å². The number of aliphatic hydroxyl groups is 1. The average Bonchev–Trinajstić information content (AvgIpc) is 2.53. The van der Waals surface area contributed by atoms with Crippen molar-refractivity contribution in [2.45, 2.75) is 26.0 Å². The van der Waals surface area contributed by atoms with E-state index >= 15 is 0 Å². The molecule has 11 heavy (non-hydrogen) atoms. The van der Waals surface area contributed by atoms with Crippen LogP contribution in [-0.4, -0.2) is 14.9 Å². The van der Waals surface area contributed by atoms with Gasteiger partial charge in [-0.1, -0.05) is 11.6 Å². The molecule has 0 unspecified atom stereocenters. The fraction of sp³-hybridized carbons (Fsp3) is 0.571. The SMILES string of the molecule is OCc1nn2c(c1Cl)CCC2. The van der Waals surface area contributed by atoms with Crippen molar-refractivity contribution in [1.29, 1.82) is 0 Å². The normalized spacial score (nSPS) is 15.5. The molecule has 2 heterocycles. The van der Waals surface area contributed by atoms with Crippen LogP contribution in [0.4, 0.5) is 0 Å². The van der Waals surface area contributed by atoms with E-state index in [0.29, 0.717) is 10.7 Å². The van der Waals surface area contributed by atoms with Gasteiger partial charge in [-0.05, 0) is 12.8 Å². The highest BCUT2D eigenvalue weighted by atomic mass is 35.5. The first-order chi connectivity index (χ1) is 5.33. The summed E-state index contributed by atoms with van der Waals surface area (Å²) < 4.78 is 1.88. The number of nitrogens with zero attached hydrogens (tertiary/aromatic N) is 2. The van der Waals surface area contributed by atoms with Crippen molar-refractivity contribution in [1.82, 2.24) is 9.78 Å². The van der Waals surface area contributed by atoms with Gasteiger partial charge < -0.3 is 5.11 Å². The molecule has 1 aliphatic heterocycles. The molecule has 1 aliphatic rings. The summed E-state index contributed by atoms with van der Waals surface area (Å²) in [6.45, 7) is 0.883. The summed E-state index contributed by atoms with van der Waals surface area (Å²) in [6.07, 6.45) is 2.11. The lowest BCUT2D eigenvalue weighted by atomic mass is 10.3. The largest absolute Gasteiger partial charge is 0.390 e. The third-order valence-corrected chi connectivity index (χ3v) is 2.43. The van der Waals surface area contributed by atoms with Crippen LogP contribution in [0.3, 0.4) is 0 Å². The fourth-order valence-corrected chi connectivity index (χ4v) is 1.74. The van der Waals surface area contributed by atoms with Gasteiger partial charge >= 0.3 is 0 Å². The summed E-state index contributed by atoms with van der Waals surface area (Å²) in [5.74, 6) is 0. The molecule has 0 radical (unpaired) electrons. The van der Waals surface area contributed by atoms with Crippen LogP contribution in [0.15, 0.2) is 0 Å². The molecule has 0 fully saturated rings. The van der Waals surface area contributed by atoms with Crippen LogP contribution in [-0.2, 0) is 19.6 Å². The van der Waals surface area contributed by atoms with Crippen LogP contribution in [0.25, 0.3) is 0 Å². The number of hydrogen-bond acceptors (Lipinski definition) is 2. The van der Waals surface area contributed by atoms with E-state index < -0.39 is 0 Å². The number of hydrogen-bond donors (Lipinski definition) is 1. The van der Waals surface area contributed by atoms with Crippen LogP contribution >= 0.6 is 11.6 Å². The molecule has 0 bridgehead atoms. The maximum Gasteiger partial charge on any atom is 0.107 e. The molecule has 3 nitrogen and oxygen atoms in total. The van der Waals surface area contributed by atoms with E-state index in [0.717, 1.165) is 25.1 Å². The van der Waals surface area contributed by atoms with Crippen molar-refractivity contribution in [2.24, 2.45) is 0 Å². The van der Waals surface area contributed by atoms with E-state index in [1.807, 2.05) is 4.68 Å². The second-order valence-electron chi connectivity index (χ2n) is 2.69. The molecule has 1 aromatic heterocycles. The Kier molecular flexibility index (Phi) is 1.62. The molecular weight excluding hydrogens is 164 g/mol. The first-order valence-electron chi connectivity index (χ1n) is 3.68. The number of aromatic nitrogens is 2. The molecule has 60 valence electrons. The first kappa shape index (κ1) is 7.13. The minimum atomic E-state index is -0.0567. The van der Waals surface area contributed by atoms with Gasteiger partial charge in [0.25, 0.3) is 0 Å². The molecule has 0 spiro atoms. The molecule has 2 rings (SSSR count). The van der Waals surface area contributed by atoms with E-state index in [9.17, 15) is 0 Å². The Morgan fingerprint density at radius 3 is 3.09 bits per heavy atom. The molecule has 0 amide bonds. The lowest BCUT2D eigenvalue weighted by Crippen LogP contribution is -1.95. The standard InChI is InChI=1S/C7H9ClN2O/c8-7-5(4-11)9-10-3-1-2-6(7)10/h11H,1-4H2. The predicted molar refractivity (Wildman–Crippen MR) is 41.5 cm³/mol. The number of aryl methyl sites for hydroxylation is 1. The van der Waals surface area contributed by atoms with Crippen molar-refractivity contribution in [3.05, 3.63) is 16.4 Å². The molecule has 0 saturated carbocycles. The monoisotopic (exact) mass is 172 g/mol. The summed E-state index contributed by atoms with van der Waals surface area (Å²) in [7, 11) is 0. The first-order valence-corrected chi connectivity index (χ1v) is 4.05. The van der Waals surface area contributed by atoms with Crippen molar-refractivity contribution in [3.8, 4) is 0 Å². The Hall–Kier alpha value is -0.540. The highest BCUT2D eigenvalue weighted by molar-refractivity contribution is 6.31. The maximum absolute atomic E-state index is 8.82. The highest BCUT2D eigenvalue weighted by Crippen LogP contribution is 2.26. The second kappa shape index (κ2) is 2.50. The molecule has 1 aromatic rings. The molecule has 1 N–H and O–H groups in total. The zero-order chi connectivity index (χ0) is 7.84. The topological polar surface area (TPSA) is 38.1 Å². The van der Waals surface area contributed by atoms with Crippen LogP contribution in [0.2, 0.25) is 5.02 Å². The van der Waals surface area contributed by atoms with Crippen molar-refractivity contribution in [3.63, 3.8) is 0 Å². The molecule has 0 aromatic carbocycles. The van der Waals surface area contributed by atoms with Gasteiger partial charge in [-0.15, -0.1) is 0 Å². The second-order valence-corrected chi connectivity index (χ2v) is 3.07. The van der Waals surface area contributed by atoms with E-state index in [1.165, 1.54) is 0 Å². The summed E-state index contributed by atoms with van der Waals surface area (Å²) in [6, 6.07) is 0. The summed E-state index contributed by atoms with van der Waals surface area (Å²) in [4.78, 5) is 0. The Morgan fingerprint density at radius 2 is 2.45 bits per heavy atom. The molecule has 0 aliphatic carbocycles. The third-order valence-electron chi connectivity index (χ3n) is 1.99. The van der Waals surface area contributed by atoms with Gasteiger partial charge in [-0.2, -0.15) is 5.10 Å². The van der Waals surface area contributed by atoms with Crippen molar-refractivity contribution >= 4 is 11.6 Å². The summed E-state index contributed by atoms with van der Waals surface area (Å²) >= 11 is 5.93. The van der Waals surface area contributed by atoms with Gasteiger partial charge in [0.2, 0.25) is 0 Å². The van der Waals surface area contributed by atoms with E-state index in [1.54, 1.807) is 0 Å². The van der Waals surface area contributed by atoms with E-state index in [4.69, 9.17) is 16.7 Å². The summed E-state index contributed by atoms with van der Waals surface area (Å²) in [5, 5.41) is 13.6. The number of fused-ring (bicyclic) bond motifs is 1. The van der Waals surface area contributed by atoms with Crippen molar-refractivity contribution < 1.29 is 5.11 Å². The Morgan fingerprint density at radius 1 is 1.64 bits per heavy atom. The minimum absolute atomic E-state index is 0.0567. The molecule has 0 saturated heterocycles. The highest BCUT2D eigenvalue weighted by Gasteiger charge is 2.19. The maximum atomic E-state index is 8.82. The van der Waals surface area contributed by atoms with Gasteiger partial charge in [0, 0.05) is 6.54 Å². The molecule has 4 heteroatoms. The lowest BCUT2D eigenvalue weighted by molar-refractivity contribution is 0.275. The molecular formula is C7H9ClN2O. The van der Waals surface area contributed by atoms with Crippen LogP contribution in [0.5, 0.6) is 0 Å². The predicted octanol–water partition coefficient (Wildman–Crippen LogP) is 0.975. The van der Waals surface area contributed by atoms with Crippen LogP contribution in [0.1, 0.15) is 17.8 Å². The van der Waals surface area contributed by atoms with Gasteiger partial charge in [-0.25, -0.2) is 0 Å². The number of aliphatic hydroxyl groups excluding tert-OH is 1. The van der Waals surface area contributed by atoms with Crippen LogP contribution < -0.4 is 0 Å². The van der Waals surface area contributed by atoms with Gasteiger partial charge in [0.15, 0.2) is 0 Å². The molecule has 0 atom stereocenters. The fourth-order valence-electron chi connectivity index (χ4n) is 1.45. The lowest BCUT2D eigenvalue weighted by Gasteiger charge is -1.89. The van der Waals surface area contributed by atoms with E-state index in [2.05, 4.69) is 5.10 Å². The van der Waals surface area contributed by atoms with Gasteiger partial charge in [0.05, 0.1) is 17.3 Å².